The third-order valence-corrected chi connectivity index (χ3v) is 3.80. The number of rotatable bonds is 8. The van der Waals surface area contributed by atoms with E-state index in [1.165, 1.54) is 0 Å². The molecule has 1 amide bonds. The Morgan fingerprint density at radius 1 is 1.23 bits per heavy atom. The molecule has 0 aliphatic carbocycles. The number of carbonyl (C=O) groups excluding carboxylic acids is 1. The molecule has 2 aromatic rings. The van der Waals surface area contributed by atoms with Gasteiger partial charge in [-0.3, -0.25) is 4.79 Å². The van der Waals surface area contributed by atoms with Crippen molar-refractivity contribution in [2.75, 3.05) is 0 Å². The molecular formula is C17H23N3O2. The molecule has 118 valence electrons. The van der Waals surface area contributed by atoms with E-state index < -0.39 is 0 Å². The van der Waals surface area contributed by atoms with Crippen LogP contribution in [0.1, 0.15) is 45.2 Å². The standard InChI is InChI=1S/C17H23N3O2/c1-3-5-9-13(4-2)17(21)18-12-15-16(20-22-19-15)14-10-7-6-8-11-14/h6-8,10-11,13H,3-5,9,12H2,1-2H3,(H,18,21). The summed E-state index contributed by atoms with van der Waals surface area (Å²) in [6, 6.07) is 9.70. The topological polar surface area (TPSA) is 68.0 Å². The van der Waals surface area contributed by atoms with Gasteiger partial charge in [-0.1, -0.05) is 62.2 Å². The molecule has 0 bridgehead atoms. The van der Waals surface area contributed by atoms with Crippen LogP contribution in [0.3, 0.4) is 0 Å². The van der Waals surface area contributed by atoms with Crippen molar-refractivity contribution in [2.45, 2.75) is 46.1 Å². The van der Waals surface area contributed by atoms with Crippen molar-refractivity contribution in [1.29, 1.82) is 0 Å². The van der Waals surface area contributed by atoms with Gasteiger partial charge in [0.05, 0.1) is 6.54 Å². The lowest BCUT2D eigenvalue weighted by atomic mass is 9.98. The fraction of sp³-hybridized carbons (Fsp3) is 0.471. The van der Waals surface area contributed by atoms with Crippen molar-refractivity contribution < 1.29 is 9.42 Å². The highest BCUT2D eigenvalue weighted by molar-refractivity contribution is 5.78. The van der Waals surface area contributed by atoms with Crippen LogP contribution in [-0.2, 0) is 11.3 Å². The number of amides is 1. The van der Waals surface area contributed by atoms with Crippen LogP contribution in [0.15, 0.2) is 35.0 Å². The first-order valence-electron chi connectivity index (χ1n) is 7.90. The van der Waals surface area contributed by atoms with Gasteiger partial charge < -0.3 is 5.32 Å². The summed E-state index contributed by atoms with van der Waals surface area (Å²) < 4.78 is 4.83. The Morgan fingerprint density at radius 2 is 2.00 bits per heavy atom. The van der Waals surface area contributed by atoms with Crippen LogP contribution in [-0.4, -0.2) is 16.2 Å². The minimum Gasteiger partial charge on any atom is -0.350 e. The smallest absolute Gasteiger partial charge is 0.223 e. The highest BCUT2D eigenvalue weighted by Gasteiger charge is 2.18. The summed E-state index contributed by atoms with van der Waals surface area (Å²) in [7, 11) is 0. The van der Waals surface area contributed by atoms with Crippen LogP contribution in [0.25, 0.3) is 11.3 Å². The molecule has 0 spiro atoms. The van der Waals surface area contributed by atoms with Crippen molar-refractivity contribution in [3.63, 3.8) is 0 Å². The largest absolute Gasteiger partial charge is 0.350 e. The SMILES string of the molecule is CCCCC(CC)C(=O)NCc1nonc1-c1ccccc1. The van der Waals surface area contributed by atoms with Gasteiger partial charge in [-0.25, -0.2) is 4.63 Å². The molecule has 5 nitrogen and oxygen atoms in total. The van der Waals surface area contributed by atoms with E-state index in [1.54, 1.807) is 0 Å². The molecule has 1 atom stereocenters. The second-order valence-electron chi connectivity index (χ2n) is 5.39. The Balaban J connectivity index is 1.98. The number of aromatic nitrogens is 2. The Labute approximate surface area is 131 Å². The summed E-state index contributed by atoms with van der Waals surface area (Å²) in [5.74, 6) is 0.151. The molecule has 1 unspecified atom stereocenters. The number of benzene rings is 1. The number of hydrogen-bond acceptors (Lipinski definition) is 4. The first-order valence-corrected chi connectivity index (χ1v) is 7.90. The molecule has 0 aliphatic rings. The molecule has 0 aliphatic heterocycles. The average Bonchev–Trinajstić information content (AvgIpc) is 3.03. The molecule has 0 radical (unpaired) electrons. The van der Waals surface area contributed by atoms with Crippen LogP contribution >= 0.6 is 0 Å². The van der Waals surface area contributed by atoms with E-state index in [9.17, 15) is 4.79 Å². The molecule has 0 fully saturated rings. The number of nitrogens with one attached hydrogen (secondary N) is 1. The maximum Gasteiger partial charge on any atom is 0.223 e. The van der Waals surface area contributed by atoms with E-state index in [4.69, 9.17) is 4.63 Å². The van der Waals surface area contributed by atoms with E-state index in [0.29, 0.717) is 17.9 Å². The fourth-order valence-electron chi connectivity index (χ4n) is 2.42. The van der Waals surface area contributed by atoms with Crippen molar-refractivity contribution >= 4 is 5.91 Å². The van der Waals surface area contributed by atoms with E-state index >= 15 is 0 Å². The predicted octanol–water partition coefficient (Wildman–Crippen LogP) is 3.57. The van der Waals surface area contributed by atoms with Gasteiger partial charge in [0.2, 0.25) is 5.91 Å². The summed E-state index contributed by atoms with van der Waals surface area (Å²) in [5, 5.41) is 10.8. The molecule has 0 saturated heterocycles. The van der Waals surface area contributed by atoms with E-state index in [1.807, 2.05) is 37.3 Å². The van der Waals surface area contributed by atoms with Crippen LogP contribution in [0.4, 0.5) is 0 Å². The molecule has 2 rings (SSSR count). The molecule has 1 aromatic carbocycles. The van der Waals surface area contributed by atoms with Crippen molar-refractivity contribution in [1.82, 2.24) is 15.6 Å². The maximum atomic E-state index is 12.2. The quantitative estimate of drug-likeness (QED) is 0.809. The summed E-state index contributed by atoms with van der Waals surface area (Å²) in [5.41, 5.74) is 2.28. The summed E-state index contributed by atoms with van der Waals surface area (Å²) >= 11 is 0. The second kappa shape index (κ2) is 8.32. The zero-order valence-electron chi connectivity index (χ0n) is 13.2. The minimum absolute atomic E-state index is 0.0694. The van der Waals surface area contributed by atoms with Gasteiger partial charge in [-0.2, -0.15) is 0 Å². The average molecular weight is 301 g/mol. The van der Waals surface area contributed by atoms with Crippen molar-refractivity contribution in [3.8, 4) is 11.3 Å². The monoisotopic (exact) mass is 301 g/mol. The second-order valence-corrected chi connectivity index (χ2v) is 5.39. The lowest BCUT2D eigenvalue weighted by Gasteiger charge is -2.13. The van der Waals surface area contributed by atoms with Crippen LogP contribution < -0.4 is 5.32 Å². The maximum absolute atomic E-state index is 12.2. The predicted molar refractivity (Wildman–Crippen MR) is 84.9 cm³/mol. The van der Waals surface area contributed by atoms with Crippen LogP contribution in [0, 0.1) is 5.92 Å². The van der Waals surface area contributed by atoms with Crippen molar-refractivity contribution in [2.24, 2.45) is 5.92 Å². The highest BCUT2D eigenvalue weighted by atomic mass is 16.6. The molecule has 1 heterocycles. The van der Waals surface area contributed by atoms with Gasteiger partial charge in [0, 0.05) is 11.5 Å². The molecule has 22 heavy (non-hydrogen) atoms. The molecule has 5 heteroatoms. The molecule has 0 saturated carbocycles. The molecule has 1 N–H and O–H groups in total. The number of carbonyl (C=O) groups is 1. The highest BCUT2D eigenvalue weighted by Crippen LogP contribution is 2.20. The minimum atomic E-state index is 0.0694. The number of hydrogen-bond donors (Lipinski definition) is 1. The van der Waals surface area contributed by atoms with Crippen LogP contribution in [0.5, 0.6) is 0 Å². The van der Waals surface area contributed by atoms with Gasteiger partial charge >= 0.3 is 0 Å². The summed E-state index contributed by atoms with van der Waals surface area (Å²) in [6.45, 7) is 4.53. The van der Waals surface area contributed by atoms with Gasteiger partial charge in [-0.15, -0.1) is 0 Å². The van der Waals surface area contributed by atoms with E-state index in [2.05, 4.69) is 22.6 Å². The summed E-state index contributed by atoms with van der Waals surface area (Å²) in [6.07, 6.45) is 3.97. The Morgan fingerprint density at radius 3 is 2.68 bits per heavy atom. The zero-order chi connectivity index (χ0) is 15.8. The van der Waals surface area contributed by atoms with Gasteiger partial charge in [0.1, 0.15) is 11.4 Å². The first-order chi connectivity index (χ1) is 10.8. The van der Waals surface area contributed by atoms with Crippen molar-refractivity contribution in [3.05, 3.63) is 36.0 Å². The lowest BCUT2D eigenvalue weighted by molar-refractivity contribution is -0.125. The first kappa shape index (κ1) is 16.2. The van der Waals surface area contributed by atoms with Gasteiger partial charge in [0.15, 0.2) is 0 Å². The fourth-order valence-corrected chi connectivity index (χ4v) is 2.42. The van der Waals surface area contributed by atoms with E-state index in [-0.39, 0.29) is 11.8 Å². The Hall–Kier alpha value is -2.17. The zero-order valence-corrected chi connectivity index (χ0v) is 13.2. The number of unbranched alkanes of at least 4 members (excludes halogenated alkanes) is 1. The summed E-state index contributed by atoms with van der Waals surface area (Å²) in [4.78, 5) is 12.2. The molecule has 1 aromatic heterocycles. The van der Waals surface area contributed by atoms with Gasteiger partial charge in [-0.05, 0) is 18.0 Å². The molecular weight excluding hydrogens is 278 g/mol. The van der Waals surface area contributed by atoms with E-state index in [0.717, 1.165) is 31.2 Å². The Bertz CT molecular complexity index is 581. The lowest BCUT2D eigenvalue weighted by Crippen LogP contribution is -2.30. The number of nitrogens with zero attached hydrogens (tertiary/aromatic N) is 2. The normalized spacial score (nSPS) is 12.1. The third kappa shape index (κ3) is 4.16. The Kier molecular flexibility index (Phi) is 6.13. The third-order valence-electron chi connectivity index (χ3n) is 3.80. The van der Waals surface area contributed by atoms with Gasteiger partial charge in [0.25, 0.3) is 0 Å². The van der Waals surface area contributed by atoms with Crippen LogP contribution in [0.2, 0.25) is 0 Å².